The molecular formula is C21H22ClF3N2O4S. The van der Waals surface area contributed by atoms with Crippen molar-refractivity contribution in [2.75, 3.05) is 25.0 Å². The highest BCUT2D eigenvalue weighted by atomic mass is 35.5. The van der Waals surface area contributed by atoms with Crippen molar-refractivity contribution >= 4 is 33.2 Å². The Labute approximate surface area is 189 Å². The van der Waals surface area contributed by atoms with E-state index in [0.717, 1.165) is 10.4 Å². The zero-order chi connectivity index (χ0) is 23.5. The molecule has 1 fully saturated rings. The zero-order valence-corrected chi connectivity index (χ0v) is 18.7. The van der Waals surface area contributed by atoms with Crippen molar-refractivity contribution in [2.45, 2.75) is 30.8 Å². The first-order valence-electron chi connectivity index (χ1n) is 9.93. The van der Waals surface area contributed by atoms with Gasteiger partial charge in [0.1, 0.15) is 5.75 Å². The summed E-state index contributed by atoms with van der Waals surface area (Å²) < 4.78 is 72.2. The van der Waals surface area contributed by atoms with Crippen molar-refractivity contribution in [1.82, 2.24) is 4.31 Å². The minimum absolute atomic E-state index is 0.0468. The SMILES string of the molecule is CCOc1ccc(S(=O)(=O)N2CCC[C@@H](C(=O)Nc3ccccc3C(F)(F)F)C2)cc1Cl. The smallest absolute Gasteiger partial charge is 0.418 e. The molecule has 3 rings (SSSR count). The fraction of sp³-hybridized carbons (Fsp3) is 0.381. The first-order valence-corrected chi connectivity index (χ1v) is 11.8. The van der Waals surface area contributed by atoms with E-state index in [9.17, 15) is 26.4 Å². The van der Waals surface area contributed by atoms with Gasteiger partial charge in [0, 0.05) is 13.1 Å². The Hall–Kier alpha value is -2.30. The Morgan fingerprint density at radius 3 is 2.62 bits per heavy atom. The third-order valence-corrected chi connectivity index (χ3v) is 7.24. The van der Waals surface area contributed by atoms with Crippen molar-refractivity contribution in [3.05, 3.63) is 53.1 Å². The van der Waals surface area contributed by atoms with Crippen LogP contribution in [0.25, 0.3) is 0 Å². The standard InChI is InChI=1S/C21H22ClF3N2O4S/c1-2-31-19-10-9-15(12-17(19)22)32(29,30)27-11-5-6-14(13-27)20(28)26-18-8-4-3-7-16(18)21(23,24)25/h3-4,7-10,12,14H,2,5-6,11,13H2,1H3,(H,26,28)/t14-/m1/s1. The molecule has 0 bridgehead atoms. The number of amides is 1. The molecule has 1 aliphatic heterocycles. The zero-order valence-electron chi connectivity index (χ0n) is 17.2. The number of nitrogens with one attached hydrogen (secondary N) is 1. The molecule has 0 aromatic heterocycles. The molecule has 0 spiro atoms. The first-order chi connectivity index (χ1) is 15.0. The van der Waals surface area contributed by atoms with Crippen molar-refractivity contribution in [3.8, 4) is 5.75 Å². The lowest BCUT2D eigenvalue weighted by atomic mass is 9.98. The van der Waals surface area contributed by atoms with Gasteiger partial charge in [-0.05, 0) is 50.1 Å². The minimum Gasteiger partial charge on any atom is -0.492 e. The molecule has 0 radical (unpaired) electrons. The highest BCUT2D eigenvalue weighted by molar-refractivity contribution is 7.89. The van der Waals surface area contributed by atoms with Crippen LogP contribution >= 0.6 is 11.6 Å². The average Bonchev–Trinajstić information content (AvgIpc) is 2.75. The third kappa shape index (κ3) is 5.36. The number of carbonyl (C=O) groups excluding carboxylic acids is 1. The van der Waals surface area contributed by atoms with Crippen LogP contribution in [0.3, 0.4) is 0 Å². The van der Waals surface area contributed by atoms with Gasteiger partial charge in [-0.2, -0.15) is 17.5 Å². The van der Waals surface area contributed by atoms with Gasteiger partial charge in [-0.25, -0.2) is 8.42 Å². The Morgan fingerprint density at radius 2 is 1.97 bits per heavy atom. The number of halogens is 4. The number of ether oxygens (including phenoxy) is 1. The second-order valence-corrected chi connectivity index (χ2v) is 9.61. The summed E-state index contributed by atoms with van der Waals surface area (Å²) in [7, 11) is -3.95. The van der Waals surface area contributed by atoms with Crippen LogP contribution < -0.4 is 10.1 Å². The summed E-state index contributed by atoms with van der Waals surface area (Å²) in [5, 5.41) is 2.45. The molecule has 2 aromatic carbocycles. The van der Waals surface area contributed by atoms with Crippen molar-refractivity contribution in [1.29, 1.82) is 0 Å². The first kappa shape index (κ1) is 24.3. The quantitative estimate of drug-likeness (QED) is 0.631. The van der Waals surface area contributed by atoms with Gasteiger partial charge in [0.15, 0.2) is 0 Å². The normalized spacial score (nSPS) is 17.7. The second-order valence-electron chi connectivity index (χ2n) is 7.26. The molecule has 174 valence electrons. The lowest BCUT2D eigenvalue weighted by Gasteiger charge is -2.31. The van der Waals surface area contributed by atoms with Gasteiger partial charge in [-0.3, -0.25) is 4.79 Å². The van der Waals surface area contributed by atoms with Gasteiger partial charge in [-0.15, -0.1) is 0 Å². The van der Waals surface area contributed by atoms with Gasteiger partial charge in [0.05, 0.1) is 33.7 Å². The molecule has 0 unspecified atom stereocenters. The Morgan fingerprint density at radius 1 is 1.25 bits per heavy atom. The van der Waals surface area contributed by atoms with E-state index in [1.54, 1.807) is 6.92 Å². The molecule has 2 aromatic rings. The number of sulfonamides is 1. The van der Waals surface area contributed by atoms with E-state index in [0.29, 0.717) is 25.2 Å². The van der Waals surface area contributed by atoms with E-state index in [1.165, 1.54) is 36.4 Å². The summed E-state index contributed by atoms with van der Waals surface area (Å²) in [6, 6.07) is 8.78. The van der Waals surface area contributed by atoms with E-state index in [-0.39, 0.29) is 28.7 Å². The summed E-state index contributed by atoms with van der Waals surface area (Å²) in [4.78, 5) is 12.6. The maximum Gasteiger partial charge on any atom is 0.418 e. The summed E-state index contributed by atoms with van der Waals surface area (Å²) in [5.74, 6) is -1.10. The van der Waals surface area contributed by atoms with Crippen LogP contribution in [-0.4, -0.2) is 38.3 Å². The van der Waals surface area contributed by atoms with Crippen molar-refractivity contribution in [3.63, 3.8) is 0 Å². The Kier molecular flexibility index (Phi) is 7.36. The summed E-state index contributed by atoms with van der Waals surface area (Å²) in [6.07, 6.45) is -3.88. The number of rotatable bonds is 6. The minimum atomic E-state index is -4.63. The number of anilines is 1. The molecule has 1 atom stereocenters. The molecule has 1 saturated heterocycles. The van der Waals surface area contributed by atoms with Crippen LogP contribution in [-0.2, 0) is 21.0 Å². The number of carbonyl (C=O) groups is 1. The largest absolute Gasteiger partial charge is 0.492 e. The Balaban J connectivity index is 1.77. The monoisotopic (exact) mass is 490 g/mol. The van der Waals surface area contributed by atoms with Crippen LogP contribution in [0, 0.1) is 5.92 Å². The molecule has 1 amide bonds. The van der Waals surface area contributed by atoms with Crippen LogP contribution in [0.2, 0.25) is 5.02 Å². The van der Waals surface area contributed by atoms with E-state index < -0.39 is 33.6 Å². The number of nitrogens with zero attached hydrogens (tertiary/aromatic N) is 1. The molecule has 1 aliphatic rings. The molecule has 1 N–H and O–H groups in total. The van der Waals surface area contributed by atoms with Gasteiger partial charge in [-0.1, -0.05) is 23.7 Å². The van der Waals surface area contributed by atoms with Gasteiger partial charge >= 0.3 is 6.18 Å². The van der Waals surface area contributed by atoms with E-state index >= 15 is 0 Å². The molecule has 6 nitrogen and oxygen atoms in total. The highest BCUT2D eigenvalue weighted by Gasteiger charge is 2.36. The predicted octanol–water partition coefficient (Wildman–Crippen LogP) is 4.80. The van der Waals surface area contributed by atoms with Gasteiger partial charge in [0.2, 0.25) is 15.9 Å². The highest BCUT2D eigenvalue weighted by Crippen LogP contribution is 2.35. The van der Waals surface area contributed by atoms with E-state index in [1.807, 2.05) is 0 Å². The average molecular weight is 491 g/mol. The molecular weight excluding hydrogens is 469 g/mol. The molecule has 0 saturated carbocycles. The summed E-state index contributed by atoms with van der Waals surface area (Å²) in [6.45, 7) is 2.18. The van der Waals surface area contributed by atoms with Crippen molar-refractivity contribution in [2.24, 2.45) is 5.92 Å². The number of hydrogen-bond acceptors (Lipinski definition) is 4. The molecule has 0 aliphatic carbocycles. The Bertz CT molecular complexity index is 1090. The lowest BCUT2D eigenvalue weighted by Crippen LogP contribution is -2.43. The van der Waals surface area contributed by atoms with Crippen LogP contribution in [0.15, 0.2) is 47.4 Å². The maximum atomic E-state index is 13.2. The summed E-state index contributed by atoms with van der Waals surface area (Å²) >= 11 is 6.11. The molecule has 1 heterocycles. The van der Waals surface area contributed by atoms with Crippen LogP contribution in [0.1, 0.15) is 25.3 Å². The molecule has 11 heteroatoms. The number of alkyl halides is 3. The van der Waals surface area contributed by atoms with Gasteiger partial charge < -0.3 is 10.1 Å². The van der Waals surface area contributed by atoms with Crippen molar-refractivity contribution < 1.29 is 31.1 Å². The lowest BCUT2D eigenvalue weighted by molar-refractivity contribution is -0.137. The fourth-order valence-electron chi connectivity index (χ4n) is 3.51. The number of benzene rings is 2. The van der Waals surface area contributed by atoms with Crippen LogP contribution in [0.5, 0.6) is 5.75 Å². The third-order valence-electron chi connectivity index (χ3n) is 5.09. The fourth-order valence-corrected chi connectivity index (χ4v) is 5.36. The summed E-state index contributed by atoms with van der Waals surface area (Å²) in [5.41, 5.74) is -1.32. The number of para-hydroxylation sites is 1. The topological polar surface area (TPSA) is 75.7 Å². The predicted molar refractivity (Wildman–Crippen MR) is 114 cm³/mol. The van der Waals surface area contributed by atoms with E-state index in [2.05, 4.69) is 5.32 Å². The van der Waals surface area contributed by atoms with Crippen LogP contribution in [0.4, 0.5) is 18.9 Å². The van der Waals surface area contributed by atoms with Gasteiger partial charge in [0.25, 0.3) is 0 Å². The number of piperidine rings is 1. The number of hydrogen-bond donors (Lipinski definition) is 1. The second kappa shape index (κ2) is 9.68. The molecule has 32 heavy (non-hydrogen) atoms. The maximum absolute atomic E-state index is 13.2. The van der Waals surface area contributed by atoms with E-state index in [4.69, 9.17) is 16.3 Å².